The van der Waals surface area contributed by atoms with Gasteiger partial charge in [0.25, 0.3) is 0 Å². The summed E-state index contributed by atoms with van der Waals surface area (Å²) in [4.78, 5) is 32.1. The highest BCUT2D eigenvalue weighted by molar-refractivity contribution is 6.24. The van der Waals surface area contributed by atoms with Crippen LogP contribution in [0.5, 0.6) is 0 Å². The number of esters is 2. The molecule has 4 aromatic rings. The fraction of sp³-hybridized carbons (Fsp3) is 0.312. The van der Waals surface area contributed by atoms with Crippen LogP contribution in [0.2, 0.25) is 0 Å². The lowest BCUT2D eigenvalue weighted by molar-refractivity contribution is -0.241. The average molecular weight is 542 g/mol. The zero-order valence-electron chi connectivity index (χ0n) is 22.9. The summed E-state index contributed by atoms with van der Waals surface area (Å²) in [5.74, 6) is -1.71. The first-order valence-electron chi connectivity index (χ1n) is 13.2. The van der Waals surface area contributed by atoms with E-state index in [2.05, 4.69) is 54.6 Å². The summed E-state index contributed by atoms with van der Waals surface area (Å²) in [7, 11) is 2.50. The minimum Gasteiger partial charge on any atom is -0.465 e. The van der Waals surface area contributed by atoms with Crippen molar-refractivity contribution in [2.45, 2.75) is 32.0 Å². The molecule has 1 N–H and O–H groups in total. The molecule has 2 heterocycles. The van der Waals surface area contributed by atoms with Gasteiger partial charge in [-0.2, -0.15) is 0 Å². The molecule has 206 valence electrons. The smallest absolute Gasteiger partial charge is 0.376 e. The normalized spacial score (nSPS) is 22.5. The van der Waals surface area contributed by atoms with Crippen LogP contribution < -0.4 is 0 Å². The highest BCUT2D eigenvalue weighted by atomic mass is 16.7. The summed E-state index contributed by atoms with van der Waals surface area (Å²) < 4.78 is 16.1. The summed E-state index contributed by atoms with van der Waals surface area (Å²) in [5.41, 5.74) is -0.708. The van der Waals surface area contributed by atoms with Crippen molar-refractivity contribution in [1.82, 2.24) is 5.06 Å². The summed E-state index contributed by atoms with van der Waals surface area (Å²) in [6.07, 6.45) is 3.57. The van der Waals surface area contributed by atoms with Crippen LogP contribution in [-0.2, 0) is 28.6 Å². The number of hydrogen-bond donors (Lipinski definition) is 1. The van der Waals surface area contributed by atoms with Crippen LogP contribution in [0.3, 0.4) is 0 Å². The van der Waals surface area contributed by atoms with Crippen LogP contribution in [0.25, 0.3) is 38.4 Å². The highest BCUT2D eigenvalue weighted by Crippen LogP contribution is 2.56. The minimum absolute atomic E-state index is 0.0546. The van der Waals surface area contributed by atoms with Gasteiger partial charge in [0.15, 0.2) is 0 Å². The zero-order chi connectivity index (χ0) is 28.2. The van der Waals surface area contributed by atoms with Crippen molar-refractivity contribution in [3.63, 3.8) is 0 Å². The Hall–Kier alpha value is -3.98. The summed E-state index contributed by atoms with van der Waals surface area (Å²) in [6, 6.07) is 19.0. The van der Waals surface area contributed by atoms with Crippen LogP contribution in [0, 0.1) is 5.41 Å². The predicted molar refractivity (Wildman–Crippen MR) is 151 cm³/mol. The maximum atomic E-state index is 13.3. The lowest BCUT2D eigenvalue weighted by Crippen LogP contribution is -2.46. The number of fused-ring (bicyclic) bond motifs is 1. The molecule has 6 rings (SSSR count). The molecule has 4 aromatic carbocycles. The third kappa shape index (κ3) is 3.78. The quantitative estimate of drug-likeness (QED) is 0.260. The Labute approximate surface area is 231 Å². The van der Waals surface area contributed by atoms with E-state index in [0.717, 1.165) is 16.3 Å². The van der Waals surface area contributed by atoms with E-state index in [1.807, 2.05) is 26.0 Å². The fourth-order valence-corrected chi connectivity index (χ4v) is 6.46. The predicted octanol–water partition coefficient (Wildman–Crippen LogP) is 4.95. The Morgan fingerprint density at radius 2 is 1.62 bits per heavy atom. The van der Waals surface area contributed by atoms with Gasteiger partial charge in [-0.15, -0.1) is 0 Å². The van der Waals surface area contributed by atoms with Crippen molar-refractivity contribution >= 4 is 50.3 Å². The number of aliphatic hydroxyl groups is 1. The lowest BCUT2D eigenvalue weighted by Gasteiger charge is -2.32. The van der Waals surface area contributed by atoms with Crippen molar-refractivity contribution in [2.24, 2.45) is 5.41 Å². The molecule has 0 radical (unpaired) electrons. The number of hydrogen-bond acceptors (Lipinski definition) is 8. The summed E-state index contributed by atoms with van der Waals surface area (Å²) in [5, 5.41) is 17.9. The Morgan fingerprint density at radius 1 is 0.975 bits per heavy atom. The Morgan fingerprint density at radius 3 is 2.30 bits per heavy atom. The van der Waals surface area contributed by atoms with E-state index in [9.17, 15) is 14.7 Å². The Balaban J connectivity index is 1.55. The number of carbonyl (C=O) groups excluding carboxylic acids is 2. The van der Waals surface area contributed by atoms with Gasteiger partial charge >= 0.3 is 11.9 Å². The highest BCUT2D eigenvalue weighted by Gasteiger charge is 2.65. The van der Waals surface area contributed by atoms with Gasteiger partial charge in [0, 0.05) is 5.41 Å². The molecule has 1 saturated heterocycles. The molecule has 0 aliphatic carbocycles. The second-order valence-corrected chi connectivity index (χ2v) is 11.0. The second kappa shape index (κ2) is 9.59. The van der Waals surface area contributed by atoms with Crippen molar-refractivity contribution in [2.75, 3.05) is 27.4 Å². The summed E-state index contributed by atoms with van der Waals surface area (Å²) >= 11 is 0. The third-order valence-corrected chi connectivity index (χ3v) is 8.08. The van der Waals surface area contributed by atoms with Crippen molar-refractivity contribution in [3.8, 4) is 0 Å². The van der Waals surface area contributed by atoms with Crippen LogP contribution in [-0.4, -0.2) is 61.3 Å². The summed E-state index contributed by atoms with van der Waals surface area (Å²) in [6.45, 7) is 3.86. The first kappa shape index (κ1) is 26.3. The van der Waals surface area contributed by atoms with Gasteiger partial charge in [0.2, 0.25) is 5.76 Å². The maximum absolute atomic E-state index is 13.3. The zero-order valence-corrected chi connectivity index (χ0v) is 22.9. The monoisotopic (exact) mass is 541 g/mol. The molecule has 0 amide bonds. The molecule has 2 aliphatic rings. The maximum Gasteiger partial charge on any atom is 0.376 e. The van der Waals surface area contributed by atoms with E-state index < -0.39 is 29.1 Å². The van der Waals surface area contributed by atoms with E-state index in [4.69, 9.17) is 19.0 Å². The lowest BCUT2D eigenvalue weighted by atomic mass is 9.78. The molecule has 0 bridgehead atoms. The number of rotatable bonds is 7. The van der Waals surface area contributed by atoms with Gasteiger partial charge < -0.3 is 24.2 Å². The van der Waals surface area contributed by atoms with Gasteiger partial charge in [0.1, 0.15) is 17.3 Å². The van der Waals surface area contributed by atoms with Gasteiger partial charge in [-0.3, -0.25) is 0 Å². The van der Waals surface area contributed by atoms with Crippen LogP contribution in [0.1, 0.15) is 25.8 Å². The number of aliphatic hydroxyl groups excluding tert-OH is 1. The topological polar surface area (TPSA) is 94.5 Å². The van der Waals surface area contributed by atoms with E-state index in [0.29, 0.717) is 6.42 Å². The van der Waals surface area contributed by atoms with E-state index in [1.165, 1.54) is 40.8 Å². The van der Waals surface area contributed by atoms with Crippen LogP contribution in [0.4, 0.5) is 0 Å². The first-order valence-corrected chi connectivity index (χ1v) is 13.2. The second-order valence-electron chi connectivity index (χ2n) is 11.0. The largest absolute Gasteiger partial charge is 0.465 e. The number of ether oxygens (including phenoxy) is 3. The first-order chi connectivity index (χ1) is 19.3. The molecule has 0 unspecified atom stereocenters. The SMILES string of the molecule is COC(=O)C1=C(C(=O)OC)[C@]2(/C=C/c3ccc4ccc5cccc6ccc3c4c56)CC(C)(C)[C@@H](OCCO)N2O1. The number of methoxy groups -OCH3 is 2. The Bertz CT molecular complexity index is 1690. The van der Waals surface area contributed by atoms with Crippen molar-refractivity contribution in [3.05, 3.63) is 77.6 Å². The number of nitrogens with zero attached hydrogens (tertiary/aromatic N) is 1. The number of hydroxylamine groups is 2. The number of carbonyl (C=O) groups is 2. The molecular weight excluding hydrogens is 510 g/mol. The van der Waals surface area contributed by atoms with Gasteiger partial charge in [0.05, 0.1) is 27.4 Å². The van der Waals surface area contributed by atoms with E-state index in [1.54, 1.807) is 0 Å². The number of benzene rings is 4. The van der Waals surface area contributed by atoms with Crippen LogP contribution in [0.15, 0.2) is 72.0 Å². The van der Waals surface area contributed by atoms with E-state index >= 15 is 0 Å². The van der Waals surface area contributed by atoms with Gasteiger partial charge in [-0.1, -0.05) is 85.7 Å². The molecule has 1 fully saturated rings. The fourth-order valence-electron chi connectivity index (χ4n) is 6.46. The van der Waals surface area contributed by atoms with Crippen molar-refractivity contribution in [1.29, 1.82) is 0 Å². The molecule has 0 saturated carbocycles. The molecule has 8 heteroatoms. The molecule has 8 nitrogen and oxygen atoms in total. The van der Waals surface area contributed by atoms with Crippen molar-refractivity contribution < 1.29 is 33.7 Å². The molecule has 0 spiro atoms. The molecule has 0 aromatic heterocycles. The standard InChI is InChI=1S/C32H31NO7/c1-31(2)18-32(26(28(35)37-3)27(29(36)38-4)40-33(32)30(31)39-17-16-34)15-14-19-8-9-22-11-10-20-6-5-7-21-12-13-23(19)25(22)24(20)21/h5-15,30,34H,16-18H2,1-4H3/b15-14+/t30-,32+/m1/s1. The molecule has 2 atom stereocenters. The third-order valence-electron chi connectivity index (χ3n) is 8.08. The molecule has 40 heavy (non-hydrogen) atoms. The average Bonchev–Trinajstić information content (AvgIpc) is 3.38. The Kier molecular flexibility index (Phi) is 6.29. The molecule has 2 aliphatic heterocycles. The van der Waals surface area contributed by atoms with Crippen LogP contribution >= 0.6 is 0 Å². The minimum atomic E-state index is -1.19. The van der Waals surface area contributed by atoms with E-state index in [-0.39, 0.29) is 24.5 Å². The van der Waals surface area contributed by atoms with Gasteiger partial charge in [-0.05, 0) is 44.3 Å². The van der Waals surface area contributed by atoms with Gasteiger partial charge in [-0.25, -0.2) is 9.59 Å². The molecular formula is C32H31NO7.